The van der Waals surface area contributed by atoms with E-state index in [1.54, 1.807) is 4.90 Å². The molecule has 1 aromatic rings. The van der Waals surface area contributed by atoms with Gasteiger partial charge in [-0.1, -0.05) is 28.1 Å². The van der Waals surface area contributed by atoms with Crippen LogP contribution in [0.25, 0.3) is 0 Å². The molecule has 2 nitrogen and oxygen atoms in total. The van der Waals surface area contributed by atoms with E-state index in [1.165, 1.54) is 5.56 Å². The van der Waals surface area contributed by atoms with Gasteiger partial charge in [-0.3, -0.25) is 0 Å². The Bertz CT molecular complexity index is 321. The van der Waals surface area contributed by atoms with Crippen molar-refractivity contribution < 1.29 is 10.0 Å². The Hall–Kier alpha value is -0.380. The maximum atomic E-state index is 9.42. The topological polar surface area (TPSA) is 24.7 Å². The molecule has 0 bridgehead atoms. The molecule has 0 spiro atoms. The first-order valence-corrected chi connectivity index (χ1v) is 6.29. The van der Waals surface area contributed by atoms with E-state index in [2.05, 4.69) is 40.2 Å². The number of halogens is 1. The maximum Gasteiger partial charge on any atom is 0.103 e. The predicted molar refractivity (Wildman–Crippen MR) is 63.8 cm³/mol. The first kappa shape index (κ1) is 11.1. The molecule has 2 rings (SSSR count). The highest BCUT2D eigenvalue weighted by Gasteiger charge is 2.19. The molecule has 0 unspecified atom stereocenters. The Balaban J connectivity index is 1.92. The summed E-state index contributed by atoms with van der Waals surface area (Å²) in [4.78, 5) is 1.58. The Morgan fingerprint density at radius 2 is 2.07 bits per heavy atom. The van der Waals surface area contributed by atoms with Gasteiger partial charge in [0.15, 0.2) is 0 Å². The molecule has 1 fully saturated rings. The van der Waals surface area contributed by atoms with E-state index in [1.807, 2.05) is 0 Å². The lowest BCUT2D eigenvalue weighted by Crippen LogP contribution is -3.12. The van der Waals surface area contributed by atoms with Crippen LogP contribution in [0.1, 0.15) is 18.4 Å². The average molecular weight is 271 g/mol. The second kappa shape index (κ2) is 5.10. The standard InChI is InChI=1S/C12H16BrNO/c13-11-3-1-2-10(8-11)9-14-6-4-12(15)5-7-14/h1-3,8,12,15H,4-7,9H2/p+1. The quantitative estimate of drug-likeness (QED) is 0.823. The lowest BCUT2D eigenvalue weighted by molar-refractivity contribution is -0.919. The molecular formula is C12H17BrNO+. The summed E-state index contributed by atoms with van der Waals surface area (Å²) < 4.78 is 1.15. The molecule has 1 aliphatic heterocycles. The highest BCUT2D eigenvalue weighted by Crippen LogP contribution is 2.11. The number of piperidine rings is 1. The summed E-state index contributed by atoms with van der Waals surface area (Å²) in [6, 6.07) is 8.48. The van der Waals surface area contributed by atoms with Crippen molar-refractivity contribution in [3.05, 3.63) is 34.3 Å². The number of nitrogens with one attached hydrogen (secondary N) is 1. The number of aliphatic hydroxyl groups is 1. The van der Waals surface area contributed by atoms with Crippen molar-refractivity contribution in [2.45, 2.75) is 25.5 Å². The van der Waals surface area contributed by atoms with Crippen molar-refractivity contribution in [3.63, 3.8) is 0 Å². The SMILES string of the molecule is OC1CC[NH+](Cc2cccc(Br)c2)CC1. The van der Waals surface area contributed by atoms with E-state index >= 15 is 0 Å². The van der Waals surface area contributed by atoms with Crippen LogP contribution in [0.5, 0.6) is 0 Å². The normalized spacial score (nSPS) is 26.5. The number of rotatable bonds is 2. The van der Waals surface area contributed by atoms with Crippen LogP contribution in [0.4, 0.5) is 0 Å². The second-order valence-electron chi connectivity index (χ2n) is 4.29. The van der Waals surface area contributed by atoms with Gasteiger partial charge < -0.3 is 10.0 Å². The Kier molecular flexibility index (Phi) is 3.78. The van der Waals surface area contributed by atoms with E-state index in [0.717, 1.165) is 36.9 Å². The number of likely N-dealkylation sites (tertiary alicyclic amines) is 1. The number of aliphatic hydroxyl groups excluding tert-OH is 1. The van der Waals surface area contributed by atoms with Gasteiger partial charge in [0.05, 0.1) is 19.2 Å². The van der Waals surface area contributed by atoms with Gasteiger partial charge >= 0.3 is 0 Å². The molecule has 3 heteroatoms. The fourth-order valence-electron chi connectivity index (χ4n) is 2.12. The zero-order valence-electron chi connectivity index (χ0n) is 8.75. The molecule has 1 aliphatic rings. The van der Waals surface area contributed by atoms with Gasteiger partial charge in [-0.2, -0.15) is 0 Å². The molecule has 0 radical (unpaired) electrons. The summed E-state index contributed by atoms with van der Waals surface area (Å²) in [5.41, 5.74) is 1.37. The summed E-state index contributed by atoms with van der Waals surface area (Å²) in [6.07, 6.45) is 1.84. The van der Waals surface area contributed by atoms with E-state index in [9.17, 15) is 5.11 Å². The maximum absolute atomic E-state index is 9.42. The van der Waals surface area contributed by atoms with Gasteiger partial charge in [-0.05, 0) is 12.1 Å². The summed E-state index contributed by atoms with van der Waals surface area (Å²) >= 11 is 3.49. The van der Waals surface area contributed by atoms with Gasteiger partial charge in [-0.15, -0.1) is 0 Å². The largest absolute Gasteiger partial charge is 0.393 e. The summed E-state index contributed by atoms with van der Waals surface area (Å²) in [7, 11) is 0. The van der Waals surface area contributed by atoms with Crippen LogP contribution >= 0.6 is 15.9 Å². The van der Waals surface area contributed by atoms with Crippen LogP contribution in [0.15, 0.2) is 28.7 Å². The minimum absolute atomic E-state index is 0.0590. The van der Waals surface area contributed by atoms with Crippen molar-refractivity contribution in [3.8, 4) is 0 Å². The molecule has 15 heavy (non-hydrogen) atoms. The molecule has 0 amide bonds. The monoisotopic (exact) mass is 270 g/mol. The van der Waals surface area contributed by atoms with Crippen LogP contribution in [-0.2, 0) is 6.54 Å². The number of hydrogen-bond acceptors (Lipinski definition) is 1. The number of benzene rings is 1. The van der Waals surface area contributed by atoms with Gasteiger partial charge in [-0.25, -0.2) is 0 Å². The van der Waals surface area contributed by atoms with Crippen LogP contribution < -0.4 is 4.90 Å². The zero-order chi connectivity index (χ0) is 10.7. The van der Waals surface area contributed by atoms with Gasteiger partial charge in [0.25, 0.3) is 0 Å². The van der Waals surface area contributed by atoms with Crippen LogP contribution in [0, 0.1) is 0 Å². The third-order valence-corrected chi connectivity index (χ3v) is 3.50. The molecular weight excluding hydrogens is 254 g/mol. The van der Waals surface area contributed by atoms with Crippen molar-refractivity contribution in [1.82, 2.24) is 0 Å². The Labute approximate surface area is 99.0 Å². The minimum atomic E-state index is -0.0590. The van der Waals surface area contributed by atoms with Crippen LogP contribution in [-0.4, -0.2) is 24.3 Å². The van der Waals surface area contributed by atoms with Crippen LogP contribution in [0.3, 0.4) is 0 Å². The number of hydrogen-bond donors (Lipinski definition) is 2. The molecule has 0 atom stereocenters. The van der Waals surface area contributed by atoms with E-state index in [4.69, 9.17) is 0 Å². The summed E-state index contributed by atoms with van der Waals surface area (Å²) in [5, 5.41) is 9.42. The van der Waals surface area contributed by atoms with E-state index < -0.39 is 0 Å². The first-order valence-electron chi connectivity index (χ1n) is 5.50. The Morgan fingerprint density at radius 1 is 1.33 bits per heavy atom. The fourth-order valence-corrected chi connectivity index (χ4v) is 2.57. The van der Waals surface area contributed by atoms with Gasteiger partial charge in [0, 0.05) is 22.9 Å². The minimum Gasteiger partial charge on any atom is -0.393 e. The first-order chi connectivity index (χ1) is 7.24. The number of quaternary nitrogens is 1. The van der Waals surface area contributed by atoms with Crippen molar-refractivity contribution in [2.24, 2.45) is 0 Å². The molecule has 2 N–H and O–H groups in total. The van der Waals surface area contributed by atoms with Crippen molar-refractivity contribution in [1.29, 1.82) is 0 Å². The molecule has 82 valence electrons. The average Bonchev–Trinajstić information content (AvgIpc) is 2.22. The van der Waals surface area contributed by atoms with E-state index in [-0.39, 0.29) is 6.10 Å². The smallest absolute Gasteiger partial charge is 0.103 e. The van der Waals surface area contributed by atoms with E-state index in [0.29, 0.717) is 0 Å². The van der Waals surface area contributed by atoms with Crippen LogP contribution in [0.2, 0.25) is 0 Å². The zero-order valence-corrected chi connectivity index (χ0v) is 10.3. The molecule has 0 saturated carbocycles. The highest BCUT2D eigenvalue weighted by molar-refractivity contribution is 9.10. The highest BCUT2D eigenvalue weighted by atomic mass is 79.9. The molecule has 0 aliphatic carbocycles. The van der Waals surface area contributed by atoms with Crippen molar-refractivity contribution in [2.75, 3.05) is 13.1 Å². The Morgan fingerprint density at radius 3 is 2.73 bits per heavy atom. The van der Waals surface area contributed by atoms with Crippen molar-refractivity contribution >= 4 is 15.9 Å². The molecule has 1 saturated heterocycles. The van der Waals surface area contributed by atoms with Gasteiger partial charge in [0.2, 0.25) is 0 Å². The summed E-state index contributed by atoms with van der Waals surface area (Å²) in [6.45, 7) is 3.26. The predicted octanol–water partition coefficient (Wildman–Crippen LogP) is 0.989. The molecule has 0 aromatic heterocycles. The second-order valence-corrected chi connectivity index (χ2v) is 5.20. The third kappa shape index (κ3) is 3.30. The summed E-state index contributed by atoms with van der Waals surface area (Å²) in [5.74, 6) is 0. The lowest BCUT2D eigenvalue weighted by atomic mass is 10.1. The molecule has 1 aromatic carbocycles. The lowest BCUT2D eigenvalue weighted by Gasteiger charge is -2.26. The fraction of sp³-hybridized carbons (Fsp3) is 0.500. The molecule has 1 heterocycles. The third-order valence-electron chi connectivity index (χ3n) is 3.01. The van der Waals surface area contributed by atoms with Gasteiger partial charge in [0.1, 0.15) is 6.54 Å².